The summed E-state index contributed by atoms with van der Waals surface area (Å²) in [6.07, 6.45) is 5.99. The average molecular weight is 362 g/mol. The fourth-order valence-electron chi connectivity index (χ4n) is 5.65. The number of anilines is 1. The van der Waals surface area contributed by atoms with Gasteiger partial charge in [0.05, 0.1) is 26.9 Å². The van der Waals surface area contributed by atoms with E-state index < -0.39 is 31.8 Å². The van der Waals surface area contributed by atoms with Gasteiger partial charge in [-0.2, -0.15) is 0 Å². The molecule has 0 saturated heterocycles. The molecule has 0 amide bonds. The molecule has 5 rings (SSSR count). The molecule has 4 bridgehead atoms. The van der Waals surface area contributed by atoms with Crippen molar-refractivity contribution in [1.82, 2.24) is 0 Å². The Balaban J connectivity index is 1.79. The predicted octanol–water partition coefficient (Wildman–Crippen LogP) is 3.79. The maximum Gasteiger partial charge on any atom is 0.306 e. The maximum atomic E-state index is 11.5. The van der Waals surface area contributed by atoms with E-state index in [0.29, 0.717) is 17.8 Å². The van der Waals surface area contributed by atoms with Crippen LogP contribution in [0.1, 0.15) is 38.5 Å². The fraction of sp³-hybridized carbons (Fsp3) is 0.625. The third-order valence-corrected chi connectivity index (χ3v) is 6.11. The van der Waals surface area contributed by atoms with Gasteiger partial charge in [0.1, 0.15) is 0 Å². The Morgan fingerprint density at radius 3 is 1.58 bits per heavy atom. The predicted molar refractivity (Wildman–Crippen MR) is 90.9 cm³/mol. The van der Waals surface area contributed by atoms with Crippen molar-refractivity contribution in [2.45, 2.75) is 44.1 Å². The number of benzene rings is 1. The van der Waals surface area contributed by atoms with Crippen LogP contribution in [0.5, 0.6) is 0 Å². The van der Waals surface area contributed by atoms with Crippen LogP contribution in [-0.4, -0.2) is 20.3 Å². The third kappa shape index (κ3) is 2.65. The first kappa shape index (κ1) is 16.7. The van der Waals surface area contributed by atoms with E-state index in [1.165, 1.54) is 0 Å². The normalized spacial score (nSPS) is 31.6. The molecular formula is C16H18N4O6. The van der Waals surface area contributed by atoms with Crippen LogP contribution in [0.3, 0.4) is 0 Å². The zero-order valence-corrected chi connectivity index (χ0v) is 13.9. The Labute approximate surface area is 148 Å². The standard InChI is InChI=1S/C16H18N4O6/c21-18(22)12-4-13(19(23)24)15(14(5-12)20(25)26)17-16-6-9-1-10(7-16)3-11(2-9)8-16/h4-5,9-11,17H,1-3,6-8H2. The van der Waals surface area contributed by atoms with Crippen molar-refractivity contribution < 1.29 is 14.8 Å². The van der Waals surface area contributed by atoms with E-state index >= 15 is 0 Å². The van der Waals surface area contributed by atoms with Crippen molar-refractivity contribution in [3.8, 4) is 0 Å². The molecule has 4 aliphatic rings. The van der Waals surface area contributed by atoms with Gasteiger partial charge in [-0.15, -0.1) is 0 Å². The van der Waals surface area contributed by atoms with Crippen LogP contribution in [0.2, 0.25) is 0 Å². The minimum Gasteiger partial charge on any atom is -0.368 e. The molecule has 1 aromatic carbocycles. The van der Waals surface area contributed by atoms with Crippen molar-refractivity contribution >= 4 is 22.7 Å². The number of non-ortho nitro benzene ring substituents is 1. The summed E-state index contributed by atoms with van der Waals surface area (Å²) in [5.41, 5.74) is -2.46. The van der Waals surface area contributed by atoms with Gasteiger partial charge in [0.2, 0.25) is 0 Å². The lowest BCUT2D eigenvalue weighted by Crippen LogP contribution is -2.54. The van der Waals surface area contributed by atoms with Crippen molar-refractivity contribution in [1.29, 1.82) is 0 Å². The number of hydrogen-bond acceptors (Lipinski definition) is 7. The first-order chi connectivity index (χ1) is 12.3. The topological polar surface area (TPSA) is 141 Å². The summed E-state index contributed by atoms with van der Waals surface area (Å²) in [6.45, 7) is 0. The van der Waals surface area contributed by atoms with E-state index in [1.807, 2.05) is 0 Å². The lowest BCUT2D eigenvalue weighted by molar-refractivity contribution is -0.402. The van der Waals surface area contributed by atoms with E-state index in [0.717, 1.165) is 50.7 Å². The quantitative estimate of drug-likeness (QED) is 0.620. The number of nitro groups is 3. The van der Waals surface area contributed by atoms with Crippen molar-refractivity contribution in [3.63, 3.8) is 0 Å². The molecule has 0 aliphatic heterocycles. The van der Waals surface area contributed by atoms with Gasteiger partial charge in [0.25, 0.3) is 5.69 Å². The van der Waals surface area contributed by atoms with Gasteiger partial charge in [0, 0.05) is 5.54 Å². The Hall–Kier alpha value is -2.78. The highest BCUT2D eigenvalue weighted by atomic mass is 16.6. The van der Waals surface area contributed by atoms with E-state index in [1.54, 1.807) is 0 Å². The van der Waals surface area contributed by atoms with Crippen LogP contribution in [0, 0.1) is 48.1 Å². The molecule has 1 N–H and O–H groups in total. The van der Waals surface area contributed by atoms with Gasteiger partial charge in [0.15, 0.2) is 5.69 Å². The molecule has 4 fully saturated rings. The van der Waals surface area contributed by atoms with Gasteiger partial charge >= 0.3 is 11.4 Å². The van der Waals surface area contributed by atoms with Gasteiger partial charge in [-0.05, 0) is 56.3 Å². The monoisotopic (exact) mass is 362 g/mol. The number of hydrogen-bond donors (Lipinski definition) is 1. The average Bonchev–Trinajstić information content (AvgIpc) is 2.52. The zero-order valence-electron chi connectivity index (χ0n) is 13.9. The van der Waals surface area contributed by atoms with Crippen LogP contribution >= 0.6 is 0 Å². The second-order valence-electron chi connectivity index (χ2n) is 7.95. The molecule has 0 heterocycles. The van der Waals surface area contributed by atoms with Crippen LogP contribution in [0.4, 0.5) is 22.7 Å². The van der Waals surface area contributed by atoms with Crippen LogP contribution in [0.15, 0.2) is 12.1 Å². The highest BCUT2D eigenvalue weighted by molar-refractivity contribution is 5.78. The van der Waals surface area contributed by atoms with E-state index in [-0.39, 0.29) is 11.2 Å². The summed E-state index contributed by atoms with van der Waals surface area (Å²) in [5.74, 6) is 1.64. The van der Waals surface area contributed by atoms with E-state index in [2.05, 4.69) is 5.32 Å². The van der Waals surface area contributed by atoms with Crippen molar-refractivity contribution in [2.24, 2.45) is 17.8 Å². The lowest BCUT2D eigenvalue weighted by Gasteiger charge is -2.57. The Morgan fingerprint density at radius 1 is 0.808 bits per heavy atom. The smallest absolute Gasteiger partial charge is 0.306 e. The molecule has 10 heteroatoms. The van der Waals surface area contributed by atoms with Gasteiger partial charge in [-0.1, -0.05) is 0 Å². The summed E-state index contributed by atoms with van der Waals surface area (Å²) >= 11 is 0. The molecular weight excluding hydrogens is 344 g/mol. The molecule has 26 heavy (non-hydrogen) atoms. The number of nitrogens with zero attached hydrogens (tertiary/aromatic N) is 3. The molecule has 0 atom stereocenters. The van der Waals surface area contributed by atoms with Crippen LogP contribution in [-0.2, 0) is 0 Å². The third-order valence-electron chi connectivity index (χ3n) is 6.11. The molecule has 1 aromatic rings. The number of rotatable bonds is 5. The second-order valence-corrected chi connectivity index (χ2v) is 7.95. The molecule has 10 nitrogen and oxygen atoms in total. The second kappa shape index (κ2) is 5.61. The highest BCUT2D eigenvalue weighted by Crippen LogP contribution is 2.57. The van der Waals surface area contributed by atoms with E-state index in [4.69, 9.17) is 0 Å². The molecule has 0 radical (unpaired) electrons. The summed E-state index contributed by atoms with van der Waals surface area (Å²) in [4.78, 5) is 31.5. The Bertz CT molecular complexity index is 753. The van der Waals surface area contributed by atoms with Gasteiger partial charge < -0.3 is 5.32 Å². The minimum atomic E-state index is -0.853. The molecule has 0 unspecified atom stereocenters. The Morgan fingerprint density at radius 2 is 1.23 bits per heavy atom. The summed E-state index contributed by atoms with van der Waals surface area (Å²) in [6, 6.07) is 1.60. The SMILES string of the molecule is O=[N+]([O-])c1cc([N+](=O)[O-])c(NC23CC4CC(CC(C4)C2)C3)c([N+](=O)[O-])c1. The first-order valence-electron chi connectivity index (χ1n) is 8.66. The molecule has 4 saturated carbocycles. The highest BCUT2D eigenvalue weighted by Gasteiger charge is 2.52. The van der Waals surface area contributed by atoms with E-state index in [9.17, 15) is 30.3 Å². The lowest BCUT2D eigenvalue weighted by atomic mass is 9.53. The minimum absolute atomic E-state index is 0.201. The van der Waals surface area contributed by atoms with Gasteiger partial charge in [-0.25, -0.2) is 0 Å². The van der Waals surface area contributed by atoms with Crippen LogP contribution in [0.25, 0.3) is 0 Å². The summed E-state index contributed by atoms with van der Waals surface area (Å²) in [5, 5.41) is 37.1. The number of nitro benzene ring substituents is 3. The largest absolute Gasteiger partial charge is 0.368 e. The first-order valence-corrected chi connectivity index (χ1v) is 8.66. The molecule has 138 valence electrons. The zero-order chi connectivity index (χ0) is 18.6. The summed E-state index contributed by atoms with van der Waals surface area (Å²) in [7, 11) is 0. The maximum absolute atomic E-state index is 11.5. The molecule has 4 aliphatic carbocycles. The molecule has 0 spiro atoms. The molecule has 0 aromatic heterocycles. The fourth-order valence-corrected chi connectivity index (χ4v) is 5.65. The number of nitrogens with one attached hydrogen (secondary N) is 1. The Kier molecular flexibility index (Phi) is 3.60. The van der Waals surface area contributed by atoms with Crippen molar-refractivity contribution in [3.05, 3.63) is 42.5 Å². The summed E-state index contributed by atoms with van der Waals surface area (Å²) < 4.78 is 0. The van der Waals surface area contributed by atoms with Crippen molar-refractivity contribution in [2.75, 3.05) is 5.32 Å². The van der Waals surface area contributed by atoms with Crippen LogP contribution < -0.4 is 5.32 Å². The van der Waals surface area contributed by atoms with Gasteiger partial charge in [-0.3, -0.25) is 30.3 Å².